The molecule has 4 amide bonds. The minimum atomic E-state index is -2.91. The molecule has 0 heterocycles. The SMILES string of the molecule is C=CCN(C=O)Cc1ccccc1.CCC.CNS(C)(=O)=O.COC(CC(O)CNC(=O)C1CCCC1)C(=O)NCC(=O)NCc1ccccc1.COc1cc(F)cc(F)c1. The number of aliphatic hydroxyl groups is 1. The quantitative estimate of drug-likeness (QED) is 0.0876. The van der Waals surface area contributed by atoms with Gasteiger partial charge in [0.2, 0.25) is 34.2 Å². The molecule has 1 aliphatic rings. The minimum absolute atomic E-state index is 0.0260. The zero-order valence-electron chi connectivity index (χ0n) is 36.2. The van der Waals surface area contributed by atoms with E-state index in [-0.39, 0.29) is 43.0 Å². The van der Waals surface area contributed by atoms with Gasteiger partial charge in [-0.05, 0) is 31.0 Å². The van der Waals surface area contributed by atoms with Gasteiger partial charge in [-0.2, -0.15) is 0 Å². The Balaban J connectivity index is 0.000000918. The number of benzene rings is 3. The molecule has 4 rings (SSSR count). The standard InChI is InChI=1S/C21H31N3O5.C11H13NO.C7H6F2O.C3H8.C2H7NO2S/c1-29-18(11-17(25)13-23-20(27)16-9-5-6-10-16)21(28)24-14-19(26)22-12-15-7-3-2-4-8-15;1-2-8-12(10-13)9-11-6-4-3-5-7-11;1-10-7-3-5(8)2-6(9)4-7;1-3-2;1-3-6(2,4)5/h2-4,7-8,16-18,25H,5-6,9-14H2,1H3,(H,22,26)(H,23,27)(H,24,28);2-7,10H,1,8-9H2;2-4H,1H3;3H2,1-2H3;3H,1-2H3. The van der Waals surface area contributed by atoms with Crippen molar-refractivity contribution in [2.45, 2.75) is 77.7 Å². The monoisotopic (exact) mass is 877 g/mol. The van der Waals surface area contributed by atoms with Crippen LogP contribution < -0.4 is 25.4 Å². The Morgan fingerprint density at radius 2 is 1.44 bits per heavy atom. The topological polar surface area (TPSA) is 192 Å². The first-order valence-electron chi connectivity index (χ1n) is 19.9. The minimum Gasteiger partial charge on any atom is -0.497 e. The Bertz CT molecular complexity index is 1770. The van der Waals surface area contributed by atoms with Gasteiger partial charge in [-0.25, -0.2) is 21.9 Å². The van der Waals surface area contributed by atoms with E-state index in [1.807, 2.05) is 60.7 Å². The van der Waals surface area contributed by atoms with Crippen LogP contribution in [0.25, 0.3) is 0 Å². The molecule has 3 aromatic carbocycles. The lowest BCUT2D eigenvalue weighted by Gasteiger charge is -2.19. The predicted molar refractivity (Wildman–Crippen MR) is 234 cm³/mol. The number of halogens is 2. The number of carbonyl (C=O) groups excluding carboxylic acids is 4. The lowest BCUT2D eigenvalue weighted by Crippen LogP contribution is -2.44. The van der Waals surface area contributed by atoms with E-state index in [0.29, 0.717) is 19.6 Å². The van der Waals surface area contributed by atoms with Crippen molar-refractivity contribution in [3.05, 3.63) is 114 Å². The number of nitrogens with zero attached hydrogens (tertiary/aromatic N) is 1. The van der Waals surface area contributed by atoms with E-state index in [1.54, 1.807) is 11.0 Å². The average molecular weight is 878 g/mol. The summed E-state index contributed by atoms with van der Waals surface area (Å²) >= 11 is 0. The molecule has 3 aromatic rings. The van der Waals surface area contributed by atoms with Crippen molar-refractivity contribution in [1.82, 2.24) is 25.6 Å². The van der Waals surface area contributed by atoms with E-state index in [2.05, 4.69) is 45.8 Å². The van der Waals surface area contributed by atoms with Gasteiger partial charge in [0.1, 0.15) is 23.5 Å². The Labute approximate surface area is 360 Å². The van der Waals surface area contributed by atoms with Crippen LogP contribution in [0.5, 0.6) is 5.75 Å². The summed E-state index contributed by atoms with van der Waals surface area (Å²) in [4.78, 5) is 48.4. The molecule has 1 saturated carbocycles. The predicted octanol–water partition coefficient (Wildman–Crippen LogP) is 4.88. The highest BCUT2D eigenvalue weighted by molar-refractivity contribution is 7.88. The highest BCUT2D eigenvalue weighted by Crippen LogP contribution is 2.24. The first kappa shape index (κ1) is 55.8. The molecule has 2 unspecified atom stereocenters. The van der Waals surface area contributed by atoms with E-state index in [1.165, 1.54) is 27.7 Å². The summed E-state index contributed by atoms with van der Waals surface area (Å²) < 4.78 is 56.2. The van der Waals surface area contributed by atoms with Gasteiger partial charge >= 0.3 is 0 Å². The first-order valence-corrected chi connectivity index (χ1v) is 21.7. The maximum atomic E-state index is 12.3. The van der Waals surface area contributed by atoms with Crippen molar-refractivity contribution in [2.75, 3.05) is 47.2 Å². The third-order valence-electron chi connectivity index (χ3n) is 8.24. The molecule has 61 heavy (non-hydrogen) atoms. The van der Waals surface area contributed by atoms with E-state index in [4.69, 9.17) is 4.74 Å². The fourth-order valence-corrected chi connectivity index (χ4v) is 5.11. The summed E-state index contributed by atoms with van der Waals surface area (Å²) in [6.45, 7) is 9.35. The van der Waals surface area contributed by atoms with Gasteiger partial charge in [-0.3, -0.25) is 19.2 Å². The second-order valence-electron chi connectivity index (χ2n) is 13.6. The van der Waals surface area contributed by atoms with E-state index >= 15 is 0 Å². The summed E-state index contributed by atoms with van der Waals surface area (Å²) in [6, 6.07) is 22.4. The third-order valence-corrected chi connectivity index (χ3v) is 8.98. The number of hydrogen-bond donors (Lipinski definition) is 5. The van der Waals surface area contributed by atoms with Gasteiger partial charge in [0, 0.05) is 63.8 Å². The van der Waals surface area contributed by atoms with Gasteiger partial charge in [0.05, 0.1) is 26.0 Å². The number of carbonyl (C=O) groups is 4. The number of sulfonamides is 1. The van der Waals surface area contributed by atoms with Crippen LogP contribution in [-0.2, 0) is 47.0 Å². The Hall–Kier alpha value is -5.23. The molecule has 0 saturated heterocycles. The molecule has 17 heteroatoms. The van der Waals surface area contributed by atoms with E-state index in [0.717, 1.165) is 67.7 Å². The molecule has 2 atom stereocenters. The molecule has 0 aromatic heterocycles. The van der Waals surface area contributed by atoms with Crippen LogP contribution in [0.4, 0.5) is 8.78 Å². The number of methoxy groups -OCH3 is 2. The van der Waals surface area contributed by atoms with Gasteiger partial charge in [-0.15, -0.1) is 6.58 Å². The average Bonchev–Trinajstić information content (AvgIpc) is 3.80. The van der Waals surface area contributed by atoms with Gasteiger partial charge < -0.3 is 35.4 Å². The summed E-state index contributed by atoms with van der Waals surface area (Å²) in [6.07, 6.45) is 7.02. The van der Waals surface area contributed by atoms with Gasteiger partial charge in [0.25, 0.3) is 0 Å². The van der Waals surface area contributed by atoms with Crippen LogP contribution in [0.15, 0.2) is 91.5 Å². The molecular weight excluding hydrogens is 813 g/mol. The highest BCUT2D eigenvalue weighted by Gasteiger charge is 2.25. The zero-order chi connectivity index (χ0) is 46.1. The fourth-order valence-electron chi connectivity index (χ4n) is 5.11. The van der Waals surface area contributed by atoms with Crippen molar-refractivity contribution in [3.8, 4) is 5.75 Å². The first-order chi connectivity index (χ1) is 29.0. The van der Waals surface area contributed by atoms with E-state index < -0.39 is 39.8 Å². The van der Waals surface area contributed by atoms with Crippen molar-refractivity contribution in [2.24, 2.45) is 5.92 Å². The van der Waals surface area contributed by atoms with Crippen molar-refractivity contribution in [1.29, 1.82) is 0 Å². The second-order valence-corrected chi connectivity index (χ2v) is 15.6. The molecule has 0 aliphatic heterocycles. The van der Waals surface area contributed by atoms with Crippen LogP contribution in [0.2, 0.25) is 0 Å². The van der Waals surface area contributed by atoms with Crippen LogP contribution >= 0.6 is 0 Å². The van der Waals surface area contributed by atoms with Crippen LogP contribution in [-0.4, -0.2) is 102 Å². The lowest BCUT2D eigenvalue weighted by atomic mass is 10.1. The summed E-state index contributed by atoms with van der Waals surface area (Å²) in [7, 11) is 1.18. The Morgan fingerprint density at radius 1 is 0.918 bits per heavy atom. The van der Waals surface area contributed by atoms with Crippen molar-refractivity contribution >= 4 is 34.2 Å². The molecule has 1 aliphatic carbocycles. The summed E-state index contributed by atoms with van der Waals surface area (Å²) in [5.41, 5.74) is 2.10. The zero-order valence-corrected chi connectivity index (χ0v) is 37.0. The van der Waals surface area contributed by atoms with Crippen LogP contribution in [0.1, 0.15) is 63.5 Å². The fraction of sp³-hybridized carbons (Fsp3) is 0.455. The highest BCUT2D eigenvalue weighted by atomic mass is 32.2. The molecule has 14 nitrogen and oxygen atoms in total. The Morgan fingerprint density at radius 3 is 1.90 bits per heavy atom. The summed E-state index contributed by atoms with van der Waals surface area (Å²) in [5.74, 6) is -1.88. The molecule has 340 valence electrons. The molecular formula is C44H65F2N5O9S. The maximum absolute atomic E-state index is 12.3. The van der Waals surface area contributed by atoms with Gasteiger partial charge in [0.15, 0.2) is 0 Å². The van der Waals surface area contributed by atoms with Crippen molar-refractivity contribution < 1.29 is 51.0 Å². The largest absolute Gasteiger partial charge is 0.497 e. The van der Waals surface area contributed by atoms with Gasteiger partial charge in [-0.1, -0.05) is 99.8 Å². The number of ether oxygens (including phenoxy) is 2. The smallest absolute Gasteiger partial charge is 0.249 e. The van der Waals surface area contributed by atoms with Crippen molar-refractivity contribution in [3.63, 3.8) is 0 Å². The number of amides is 4. The number of hydrogen-bond acceptors (Lipinski definition) is 9. The number of nitrogens with one attached hydrogen (secondary N) is 4. The van der Waals surface area contributed by atoms with Crippen LogP contribution in [0.3, 0.4) is 0 Å². The van der Waals surface area contributed by atoms with Crippen LogP contribution in [0, 0.1) is 17.6 Å². The molecule has 1 fully saturated rings. The molecule has 0 spiro atoms. The molecule has 0 radical (unpaired) electrons. The van der Waals surface area contributed by atoms with E-state index in [9.17, 15) is 41.5 Å². The lowest BCUT2D eigenvalue weighted by molar-refractivity contribution is -0.134. The maximum Gasteiger partial charge on any atom is 0.249 e. The molecule has 0 bridgehead atoms. The Kier molecular flexibility index (Phi) is 30.6. The normalized spacial score (nSPS) is 12.6. The second kappa shape index (κ2) is 33.5. The summed E-state index contributed by atoms with van der Waals surface area (Å²) in [5, 5.41) is 18.1. The third kappa shape index (κ3) is 28.8. The number of aliphatic hydroxyl groups excluding tert-OH is 1. The number of rotatable bonds is 18. The molecule has 5 N–H and O–H groups in total.